The van der Waals surface area contributed by atoms with Crippen LogP contribution < -0.4 is 10.2 Å². The first-order valence-corrected chi connectivity index (χ1v) is 14.5. The maximum Gasteiger partial charge on any atom is 0.158 e. The van der Waals surface area contributed by atoms with E-state index in [-0.39, 0.29) is 5.41 Å². The zero-order chi connectivity index (χ0) is 28.3. The number of nitrogens with zero attached hydrogens (tertiary/aromatic N) is 1. The smallest absolute Gasteiger partial charge is 0.158 e. The third kappa shape index (κ3) is 3.74. The number of anilines is 5. The molecule has 0 saturated heterocycles. The summed E-state index contributed by atoms with van der Waals surface area (Å²) in [6, 6.07) is 49.3. The summed E-state index contributed by atoms with van der Waals surface area (Å²) < 4.78 is 6.58. The number of fused-ring (bicyclic) bond motifs is 6. The quantitative estimate of drug-likeness (QED) is 0.234. The highest BCUT2D eigenvalue weighted by Crippen LogP contribution is 2.51. The fraction of sp³-hybridized carbons (Fsp3) is 0.0769. The molecule has 3 heteroatoms. The van der Waals surface area contributed by atoms with Crippen molar-refractivity contribution in [2.45, 2.75) is 19.3 Å². The lowest BCUT2D eigenvalue weighted by Gasteiger charge is -2.28. The molecule has 1 aliphatic rings. The van der Waals surface area contributed by atoms with Crippen molar-refractivity contribution in [1.82, 2.24) is 0 Å². The van der Waals surface area contributed by atoms with Gasteiger partial charge in [0, 0.05) is 27.9 Å². The molecule has 202 valence electrons. The Morgan fingerprint density at radius 2 is 1.31 bits per heavy atom. The van der Waals surface area contributed by atoms with Crippen LogP contribution in [0.5, 0.6) is 0 Å². The zero-order valence-electron chi connectivity index (χ0n) is 23.6. The summed E-state index contributed by atoms with van der Waals surface area (Å²) in [6.07, 6.45) is 0. The lowest BCUT2D eigenvalue weighted by molar-refractivity contribution is 0.660. The second-order valence-electron chi connectivity index (χ2n) is 11.5. The van der Waals surface area contributed by atoms with Crippen molar-refractivity contribution in [3.8, 4) is 11.1 Å². The fourth-order valence-electron chi connectivity index (χ4n) is 6.63. The van der Waals surface area contributed by atoms with E-state index in [0.717, 1.165) is 50.4 Å². The predicted molar refractivity (Wildman–Crippen MR) is 176 cm³/mol. The molecule has 8 rings (SSSR count). The SMILES string of the molecule is CC1(C)c2ccccc2-c2ccc(N(c3ccccc3)c3cccc4oc5c(Nc6ccccc6)cccc5c34)cc21. The van der Waals surface area contributed by atoms with E-state index < -0.39 is 0 Å². The molecule has 0 unspecified atom stereocenters. The van der Waals surface area contributed by atoms with Gasteiger partial charge in [0.25, 0.3) is 0 Å². The highest BCUT2D eigenvalue weighted by molar-refractivity contribution is 6.16. The van der Waals surface area contributed by atoms with Gasteiger partial charge in [-0.1, -0.05) is 98.8 Å². The number of hydrogen-bond donors (Lipinski definition) is 1. The Morgan fingerprint density at radius 1 is 0.595 bits per heavy atom. The molecule has 0 fully saturated rings. The second-order valence-corrected chi connectivity index (χ2v) is 11.5. The van der Waals surface area contributed by atoms with Gasteiger partial charge in [0.15, 0.2) is 5.58 Å². The summed E-state index contributed by atoms with van der Waals surface area (Å²) in [4.78, 5) is 2.37. The molecule has 0 amide bonds. The molecule has 0 saturated carbocycles. The highest BCUT2D eigenvalue weighted by Gasteiger charge is 2.35. The van der Waals surface area contributed by atoms with E-state index >= 15 is 0 Å². The normalized spacial score (nSPS) is 13.2. The van der Waals surface area contributed by atoms with Gasteiger partial charge in [0.1, 0.15) is 5.58 Å². The highest BCUT2D eigenvalue weighted by atomic mass is 16.3. The van der Waals surface area contributed by atoms with E-state index in [1.165, 1.54) is 22.3 Å². The van der Waals surface area contributed by atoms with Crippen molar-refractivity contribution in [3.05, 3.63) is 151 Å². The van der Waals surface area contributed by atoms with Crippen LogP contribution >= 0.6 is 0 Å². The molecule has 0 atom stereocenters. The Bertz CT molecular complexity index is 2090. The topological polar surface area (TPSA) is 28.4 Å². The molecular weight excluding hydrogens is 512 g/mol. The molecule has 0 spiro atoms. The average Bonchev–Trinajstić information content (AvgIpc) is 3.52. The predicted octanol–water partition coefficient (Wildman–Crippen LogP) is 11.1. The Morgan fingerprint density at radius 3 is 2.14 bits per heavy atom. The summed E-state index contributed by atoms with van der Waals surface area (Å²) in [5, 5.41) is 5.73. The van der Waals surface area contributed by atoms with Crippen LogP contribution in [0.4, 0.5) is 28.4 Å². The van der Waals surface area contributed by atoms with Gasteiger partial charge < -0.3 is 14.6 Å². The van der Waals surface area contributed by atoms with Crippen molar-refractivity contribution in [1.29, 1.82) is 0 Å². The molecule has 0 bridgehead atoms. The maximum atomic E-state index is 6.58. The van der Waals surface area contributed by atoms with Crippen molar-refractivity contribution in [2.24, 2.45) is 0 Å². The minimum absolute atomic E-state index is 0.0867. The number of furan rings is 1. The molecule has 1 aliphatic carbocycles. The van der Waals surface area contributed by atoms with Crippen LogP contribution in [0.15, 0.2) is 144 Å². The van der Waals surface area contributed by atoms with Crippen LogP contribution in [-0.2, 0) is 5.41 Å². The molecule has 7 aromatic rings. The molecule has 3 nitrogen and oxygen atoms in total. The van der Waals surface area contributed by atoms with E-state index in [9.17, 15) is 0 Å². The van der Waals surface area contributed by atoms with E-state index in [2.05, 4.69) is 145 Å². The van der Waals surface area contributed by atoms with Crippen LogP contribution in [0.2, 0.25) is 0 Å². The zero-order valence-corrected chi connectivity index (χ0v) is 23.6. The molecule has 6 aromatic carbocycles. The number of para-hydroxylation sites is 3. The fourth-order valence-corrected chi connectivity index (χ4v) is 6.63. The Balaban J connectivity index is 1.34. The first-order valence-electron chi connectivity index (χ1n) is 14.5. The van der Waals surface area contributed by atoms with Crippen LogP contribution in [0.25, 0.3) is 33.1 Å². The maximum absolute atomic E-state index is 6.58. The van der Waals surface area contributed by atoms with Gasteiger partial charge in [-0.15, -0.1) is 0 Å². The Kier molecular flexibility index (Phi) is 5.48. The number of nitrogens with one attached hydrogen (secondary N) is 1. The van der Waals surface area contributed by atoms with Crippen LogP contribution in [0.3, 0.4) is 0 Å². The number of hydrogen-bond acceptors (Lipinski definition) is 3. The first kappa shape index (κ1) is 24.5. The Hall–Kier alpha value is -5.28. The summed E-state index contributed by atoms with van der Waals surface area (Å²) in [7, 11) is 0. The van der Waals surface area contributed by atoms with Gasteiger partial charge in [-0.05, 0) is 76.9 Å². The third-order valence-electron chi connectivity index (χ3n) is 8.63. The lowest BCUT2D eigenvalue weighted by Crippen LogP contribution is -2.16. The van der Waals surface area contributed by atoms with Crippen molar-refractivity contribution in [2.75, 3.05) is 10.2 Å². The van der Waals surface area contributed by atoms with Gasteiger partial charge >= 0.3 is 0 Å². The Labute approximate surface area is 245 Å². The van der Waals surface area contributed by atoms with Gasteiger partial charge in [-0.3, -0.25) is 0 Å². The summed E-state index contributed by atoms with van der Waals surface area (Å²) in [6.45, 7) is 4.67. The van der Waals surface area contributed by atoms with Gasteiger partial charge in [-0.2, -0.15) is 0 Å². The molecule has 1 aromatic heterocycles. The summed E-state index contributed by atoms with van der Waals surface area (Å²) in [5.74, 6) is 0. The van der Waals surface area contributed by atoms with Gasteiger partial charge in [0.2, 0.25) is 0 Å². The summed E-state index contributed by atoms with van der Waals surface area (Å²) in [5.41, 5.74) is 12.3. The number of benzene rings is 6. The average molecular weight is 543 g/mol. The molecule has 42 heavy (non-hydrogen) atoms. The third-order valence-corrected chi connectivity index (χ3v) is 8.63. The van der Waals surface area contributed by atoms with E-state index in [1.54, 1.807) is 0 Å². The summed E-state index contributed by atoms with van der Waals surface area (Å²) >= 11 is 0. The monoisotopic (exact) mass is 542 g/mol. The van der Waals surface area contributed by atoms with Crippen molar-refractivity contribution >= 4 is 50.4 Å². The van der Waals surface area contributed by atoms with Crippen molar-refractivity contribution < 1.29 is 4.42 Å². The molecule has 1 N–H and O–H groups in total. The molecular formula is C39H30N2O. The van der Waals surface area contributed by atoms with Crippen LogP contribution in [0, 0.1) is 0 Å². The van der Waals surface area contributed by atoms with E-state index in [0.29, 0.717) is 0 Å². The lowest BCUT2D eigenvalue weighted by atomic mass is 9.82. The van der Waals surface area contributed by atoms with E-state index in [1.807, 2.05) is 18.2 Å². The van der Waals surface area contributed by atoms with E-state index in [4.69, 9.17) is 4.42 Å². The minimum Gasteiger partial charge on any atom is -0.454 e. The molecule has 1 heterocycles. The molecule has 0 aliphatic heterocycles. The second kappa shape index (κ2) is 9.39. The largest absolute Gasteiger partial charge is 0.454 e. The van der Waals surface area contributed by atoms with Gasteiger partial charge in [-0.25, -0.2) is 0 Å². The minimum atomic E-state index is -0.0867. The van der Waals surface area contributed by atoms with Gasteiger partial charge in [0.05, 0.1) is 16.8 Å². The first-order chi connectivity index (χ1) is 20.6. The van der Waals surface area contributed by atoms with Crippen molar-refractivity contribution in [3.63, 3.8) is 0 Å². The molecule has 0 radical (unpaired) electrons. The van der Waals surface area contributed by atoms with Crippen LogP contribution in [0.1, 0.15) is 25.0 Å². The van der Waals surface area contributed by atoms with Crippen LogP contribution in [-0.4, -0.2) is 0 Å². The standard InChI is InChI=1S/C39H30N2O/c1-39(2)32-19-10-9-17-29(32)30-24-23-28(25-33(30)39)41(27-15-7-4-8-16-27)35-21-12-22-36-37(35)31-18-11-20-34(38(31)42-36)40-26-13-5-3-6-14-26/h3-25,40H,1-2H3. The number of rotatable bonds is 5.